The van der Waals surface area contributed by atoms with Crippen molar-refractivity contribution in [1.82, 2.24) is 4.90 Å². The smallest absolute Gasteiger partial charge is 0.238 e. The molecule has 17 heavy (non-hydrogen) atoms. The average Bonchev–Trinajstić information content (AvgIpc) is 2.21. The van der Waals surface area contributed by atoms with Crippen LogP contribution in [0.5, 0.6) is 0 Å². The minimum absolute atomic E-state index is 0.109. The second-order valence-electron chi connectivity index (χ2n) is 4.08. The molecule has 1 rings (SSSR count). The number of likely N-dealkylation sites (N-methyl/N-ethyl adjacent to an activating group) is 1. The number of hydrogen-bond acceptors (Lipinski definition) is 3. The van der Waals surface area contributed by atoms with Crippen molar-refractivity contribution in [3.05, 3.63) is 27.7 Å². The largest absolute Gasteiger partial charge is 0.325 e. The van der Waals surface area contributed by atoms with Gasteiger partial charge in [0.25, 0.3) is 0 Å². The second-order valence-corrected chi connectivity index (χ2v) is 4.93. The van der Waals surface area contributed by atoms with E-state index < -0.39 is 0 Å². The van der Waals surface area contributed by atoms with Crippen molar-refractivity contribution >= 4 is 33.8 Å². The molecular formula is C12H15BrN2O2. The molecule has 0 fully saturated rings. The van der Waals surface area contributed by atoms with Gasteiger partial charge in [-0.3, -0.25) is 9.59 Å². The van der Waals surface area contributed by atoms with Crippen LogP contribution >= 0.6 is 15.9 Å². The van der Waals surface area contributed by atoms with E-state index in [4.69, 9.17) is 0 Å². The van der Waals surface area contributed by atoms with Gasteiger partial charge in [0, 0.05) is 15.7 Å². The molecule has 0 unspecified atom stereocenters. The number of rotatable bonds is 4. The van der Waals surface area contributed by atoms with Crippen molar-refractivity contribution in [1.29, 1.82) is 0 Å². The maximum absolute atomic E-state index is 11.6. The topological polar surface area (TPSA) is 49.4 Å². The van der Waals surface area contributed by atoms with Gasteiger partial charge in [0.05, 0.1) is 6.54 Å². The van der Waals surface area contributed by atoms with Gasteiger partial charge in [0.1, 0.15) is 6.29 Å². The van der Waals surface area contributed by atoms with Crippen LogP contribution in [0.25, 0.3) is 0 Å². The summed E-state index contributed by atoms with van der Waals surface area (Å²) in [5.41, 5.74) is 2.06. The third kappa shape index (κ3) is 3.94. The molecule has 0 aliphatic rings. The van der Waals surface area contributed by atoms with Gasteiger partial charge in [-0.15, -0.1) is 0 Å². The molecule has 4 nitrogen and oxygen atoms in total. The van der Waals surface area contributed by atoms with Crippen LogP contribution in [-0.2, 0) is 4.79 Å². The van der Waals surface area contributed by atoms with Crippen LogP contribution in [0.1, 0.15) is 15.9 Å². The monoisotopic (exact) mass is 298 g/mol. The molecular weight excluding hydrogens is 284 g/mol. The van der Waals surface area contributed by atoms with E-state index in [2.05, 4.69) is 21.2 Å². The molecule has 1 aromatic carbocycles. The zero-order valence-electron chi connectivity index (χ0n) is 10.1. The Morgan fingerprint density at radius 3 is 2.65 bits per heavy atom. The van der Waals surface area contributed by atoms with Gasteiger partial charge in [-0.05, 0) is 38.7 Å². The molecule has 0 bridgehead atoms. The van der Waals surface area contributed by atoms with Crippen molar-refractivity contribution in [3.63, 3.8) is 0 Å². The number of nitrogens with one attached hydrogen (secondary N) is 1. The first-order valence-corrected chi connectivity index (χ1v) is 5.93. The predicted molar refractivity (Wildman–Crippen MR) is 71.5 cm³/mol. The molecule has 5 heteroatoms. The number of carbonyl (C=O) groups excluding carboxylic acids is 2. The number of aldehydes is 1. The molecule has 0 heterocycles. The molecule has 1 amide bonds. The summed E-state index contributed by atoms with van der Waals surface area (Å²) in [5.74, 6) is -0.109. The van der Waals surface area contributed by atoms with Gasteiger partial charge in [0.15, 0.2) is 0 Å². The standard InChI is InChI=1S/C12H15BrN2O2/c1-8-9(7-16)4-10(5-11(8)13)14-12(17)6-15(2)3/h4-5,7H,6H2,1-3H3,(H,14,17). The number of halogens is 1. The zero-order chi connectivity index (χ0) is 13.0. The minimum atomic E-state index is -0.109. The van der Waals surface area contributed by atoms with Crippen LogP contribution in [0.3, 0.4) is 0 Å². The second kappa shape index (κ2) is 5.93. The number of amides is 1. The maximum atomic E-state index is 11.6. The highest BCUT2D eigenvalue weighted by Gasteiger charge is 2.08. The van der Waals surface area contributed by atoms with E-state index in [-0.39, 0.29) is 5.91 Å². The fourth-order valence-electron chi connectivity index (χ4n) is 1.38. The van der Waals surface area contributed by atoms with Gasteiger partial charge < -0.3 is 10.2 Å². The number of anilines is 1. The third-order valence-corrected chi connectivity index (χ3v) is 3.08. The molecule has 0 spiro atoms. The van der Waals surface area contributed by atoms with E-state index in [1.165, 1.54) is 0 Å². The minimum Gasteiger partial charge on any atom is -0.325 e. The Kier molecular flexibility index (Phi) is 4.84. The first kappa shape index (κ1) is 13.9. The van der Waals surface area contributed by atoms with Crippen LogP contribution in [0, 0.1) is 6.92 Å². The van der Waals surface area contributed by atoms with Crippen LogP contribution in [0.4, 0.5) is 5.69 Å². The van der Waals surface area contributed by atoms with Crippen molar-refractivity contribution in [2.75, 3.05) is 26.0 Å². The summed E-state index contributed by atoms with van der Waals surface area (Å²) in [6.07, 6.45) is 0.779. The van der Waals surface area contributed by atoms with Crippen molar-refractivity contribution in [2.24, 2.45) is 0 Å². The Hall–Kier alpha value is -1.20. The molecule has 1 N–H and O–H groups in total. The number of hydrogen-bond donors (Lipinski definition) is 1. The molecule has 0 atom stereocenters. The van der Waals surface area contributed by atoms with E-state index in [1.807, 2.05) is 21.0 Å². The Balaban J connectivity index is 2.89. The summed E-state index contributed by atoms with van der Waals surface area (Å²) in [7, 11) is 3.64. The maximum Gasteiger partial charge on any atom is 0.238 e. The molecule has 0 aromatic heterocycles. The van der Waals surface area contributed by atoms with Crippen molar-refractivity contribution in [2.45, 2.75) is 6.92 Å². The predicted octanol–water partition coefficient (Wildman–Crippen LogP) is 2.07. The Morgan fingerprint density at radius 2 is 2.12 bits per heavy atom. The van der Waals surface area contributed by atoms with E-state index in [1.54, 1.807) is 17.0 Å². The Labute approximate surface area is 109 Å². The van der Waals surface area contributed by atoms with Gasteiger partial charge in [0.2, 0.25) is 5.91 Å². The molecule has 0 saturated heterocycles. The first-order valence-electron chi connectivity index (χ1n) is 5.14. The highest BCUT2D eigenvalue weighted by molar-refractivity contribution is 9.10. The fraction of sp³-hybridized carbons (Fsp3) is 0.333. The quantitative estimate of drug-likeness (QED) is 0.866. The van der Waals surface area contributed by atoms with Crippen molar-refractivity contribution in [3.8, 4) is 0 Å². The lowest BCUT2D eigenvalue weighted by molar-refractivity contribution is -0.116. The summed E-state index contributed by atoms with van der Waals surface area (Å²) in [5, 5.41) is 2.75. The SMILES string of the molecule is Cc1c(Br)cc(NC(=O)CN(C)C)cc1C=O. The molecule has 1 aromatic rings. The van der Waals surface area contributed by atoms with Crippen LogP contribution in [0.15, 0.2) is 16.6 Å². The lowest BCUT2D eigenvalue weighted by Crippen LogP contribution is -2.27. The van der Waals surface area contributed by atoms with Gasteiger partial charge in [-0.2, -0.15) is 0 Å². The highest BCUT2D eigenvalue weighted by Crippen LogP contribution is 2.24. The Morgan fingerprint density at radius 1 is 1.47 bits per heavy atom. The fourth-order valence-corrected chi connectivity index (χ4v) is 1.86. The van der Waals surface area contributed by atoms with Gasteiger partial charge in [-0.25, -0.2) is 0 Å². The van der Waals surface area contributed by atoms with E-state index in [0.717, 1.165) is 16.3 Å². The van der Waals surface area contributed by atoms with Crippen LogP contribution < -0.4 is 5.32 Å². The summed E-state index contributed by atoms with van der Waals surface area (Å²) in [4.78, 5) is 24.2. The summed E-state index contributed by atoms with van der Waals surface area (Å²) < 4.78 is 0.808. The van der Waals surface area contributed by atoms with E-state index >= 15 is 0 Å². The zero-order valence-corrected chi connectivity index (χ0v) is 11.7. The molecule has 0 aliphatic heterocycles. The summed E-state index contributed by atoms with van der Waals surface area (Å²) in [6.45, 7) is 2.15. The number of benzene rings is 1. The van der Waals surface area contributed by atoms with Crippen LogP contribution in [-0.4, -0.2) is 37.7 Å². The Bertz CT molecular complexity index is 444. The molecule has 92 valence electrons. The number of nitrogens with zero attached hydrogens (tertiary/aromatic N) is 1. The number of carbonyl (C=O) groups is 2. The van der Waals surface area contributed by atoms with Gasteiger partial charge >= 0.3 is 0 Å². The highest BCUT2D eigenvalue weighted by atomic mass is 79.9. The summed E-state index contributed by atoms with van der Waals surface area (Å²) >= 11 is 3.36. The third-order valence-electron chi connectivity index (χ3n) is 2.26. The van der Waals surface area contributed by atoms with E-state index in [9.17, 15) is 9.59 Å². The lowest BCUT2D eigenvalue weighted by Gasteiger charge is -2.12. The average molecular weight is 299 g/mol. The lowest BCUT2D eigenvalue weighted by atomic mass is 10.1. The van der Waals surface area contributed by atoms with Gasteiger partial charge in [-0.1, -0.05) is 15.9 Å². The summed E-state index contributed by atoms with van der Waals surface area (Å²) in [6, 6.07) is 3.45. The first-order chi connectivity index (χ1) is 7.93. The van der Waals surface area contributed by atoms with E-state index in [0.29, 0.717) is 17.8 Å². The molecule has 0 aliphatic carbocycles. The normalized spacial score (nSPS) is 10.4. The van der Waals surface area contributed by atoms with Crippen molar-refractivity contribution < 1.29 is 9.59 Å². The van der Waals surface area contributed by atoms with Crippen LogP contribution in [0.2, 0.25) is 0 Å². The molecule has 0 saturated carbocycles. The molecule has 0 radical (unpaired) electrons.